The third-order valence-corrected chi connectivity index (χ3v) is 9.93. The summed E-state index contributed by atoms with van der Waals surface area (Å²) >= 11 is 0. The normalized spacial score (nSPS) is 30.2. The minimum absolute atomic E-state index is 0.0761. The zero-order chi connectivity index (χ0) is 25.8. The van der Waals surface area contributed by atoms with Crippen LogP contribution in [0.3, 0.4) is 0 Å². The molecule has 37 heavy (non-hydrogen) atoms. The molecule has 8 nitrogen and oxygen atoms in total. The van der Waals surface area contributed by atoms with Crippen molar-refractivity contribution in [1.82, 2.24) is 8.61 Å². The second kappa shape index (κ2) is 11.5. The Labute approximate surface area is 218 Å². The van der Waals surface area contributed by atoms with Gasteiger partial charge in [0.05, 0.1) is 31.4 Å². The highest BCUT2D eigenvalue weighted by molar-refractivity contribution is 7.87. The van der Waals surface area contributed by atoms with Gasteiger partial charge in [0.2, 0.25) is 0 Å². The number of benzene rings is 2. The van der Waals surface area contributed by atoms with Gasteiger partial charge in [-0.05, 0) is 42.2 Å². The van der Waals surface area contributed by atoms with E-state index in [2.05, 4.69) is 0 Å². The average molecular weight is 527 g/mol. The molecule has 0 radical (unpaired) electrons. The molecular weight excluding hydrogens is 492 g/mol. The summed E-state index contributed by atoms with van der Waals surface area (Å²) < 4.78 is 42.2. The van der Waals surface area contributed by atoms with Crippen molar-refractivity contribution in [3.8, 4) is 0 Å². The van der Waals surface area contributed by atoms with Crippen LogP contribution in [-0.2, 0) is 42.5 Å². The van der Waals surface area contributed by atoms with Crippen LogP contribution in [0.25, 0.3) is 0 Å². The number of ether oxygens (including phenoxy) is 2. The molecule has 0 N–H and O–H groups in total. The molecule has 2 aromatic rings. The molecule has 0 bridgehead atoms. The van der Waals surface area contributed by atoms with Gasteiger partial charge in [-0.1, -0.05) is 60.7 Å². The van der Waals surface area contributed by atoms with Crippen LogP contribution >= 0.6 is 0 Å². The fourth-order valence-electron chi connectivity index (χ4n) is 5.99. The summed E-state index contributed by atoms with van der Waals surface area (Å²) in [5.41, 5.74) is 1.94. The molecule has 5 rings (SSSR count). The van der Waals surface area contributed by atoms with Crippen molar-refractivity contribution in [2.75, 3.05) is 13.3 Å². The van der Waals surface area contributed by atoms with Gasteiger partial charge in [-0.15, -0.1) is 0 Å². The number of hydrogen-bond acceptors (Lipinski definition) is 6. The topological polar surface area (TPSA) is 93.2 Å². The summed E-state index contributed by atoms with van der Waals surface area (Å²) in [7, 11) is -3.94. The van der Waals surface area contributed by atoms with Gasteiger partial charge in [0.25, 0.3) is 10.2 Å². The standard InChI is InChI=1S/C28H34N2O6S/c31-17-25-16-29(37(33,34)30(25)20-35-18-21-7-3-1-4-8-21)27-14-23-11-12-26(32)13-24(23)15-28(27)36-19-22-9-5-2-6-10-22/h1-10,17,23-25,27-28H,11-16,18-20H2. The van der Waals surface area contributed by atoms with E-state index in [-0.39, 0.29) is 43.6 Å². The maximum atomic E-state index is 13.7. The predicted octanol–water partition coefficient (Wildman–Crippen LogP) is 3.32. The number of fused-ring (bicyclic) bond motifs is 1. The van der Waals surface area contributed by atoms with E-state index in [1.54, 1.807) is 0 Å². The summed E-state index contributed by atoms with van der Waals surface area (Å²) in [4.78, 5) is 24.1. The Morgan fingerprint density at radius 2 is 1.59 bits per heavy atom. The first kappa shape index (κ1) is 26.2. The van der Waals surface area contributed by atoms with Crippen LogP contribution in [0.1, 0.15) is 43.2 Å². The molecule has 2 saturated carbocycles. The smallest absolute Gasteiger partial charge is 0.285 e. The van der Waals surface area contributed by atoms with Gasteiger partial charge < -0.3 is 14.3 Å². The first-order valence-corrected chi connectivity index (χ1v) is 14.4. The van der Waals surface area contributed by atoms with E-state index in [1.807, 2.05) is 60.7 Å². The highest BCUT2D eigenvalue weighted by Gasteiger charge is 2.52. The lowest BCUT2D eigenvalue weighted by molar-refractivity contribution is -0.126. The third kappa shape index (κ3) is 5.86. The van der Waals surface area contributed by atoms with E-state index >= 15 is 0 Å². The van der Waals surface area contributed by atoms with Crippen molar-refractivity contribution in [2.45, 2.75) is 63.5 Å². The van der Waals surface area contributed by atoms with Crippen LogP contribution < -0.4 is 0 Å². The van der Waals surface area contributed by atoms with Crippen LogP contribution in [0, 0.1) is 11.8 Å². The number of Topliss-reactive ketones (excluding diaryl/α,β-unsaturated/α-hetero) is 1. The molecule has 5 unspecified atom stereocenters. The monoisotopic (exact) mass is 526 g/mol. The maximum absolute atomic E-state index is 13.7. The van der Waals surface area contributed by atoms with Crippen molar-refractivity contribution in [3.63, 3.8) is 0 Å². The molecule has 0 amide bonds. The largest absolute Gasteiger partial charge is 0.372 e. The van der Waals surface area contributed by atoms with E-state index < -0.39 is 22.3 Å². The van der Waals surface area contributed by atoms with Gasteiger partial charge in [0.15, 0.2) is 0 Å². The Balaban J connectivity index is 1.33. The van der Waals surface area contributed by atoms with E-state index in [0.29, 0.717) is 38.6 Å². The second-order valence-corrected chi connectivity index (χ2v) is 12.1. The van der Waals surface area contributed by atoms with Gasteiger partial charge in [-0.25, -0.2) is 0 Å². The van der Waals surface area contributed by atoms with Crippen molar-refractivity contribution >= 4 is 22.3 Å². The number of ketones is 1. The van der Waals surface area contributed by atoms with E-state index in [9.17, 15) is 18.0 Å². The lowest BCUT2D eigenvalue weighted by atomic mass is 9.68. The Kier molecular flexibility index (Phi) is 8.16. The summed E-state index contributed by atoms with van der Waals surface area (Å²) in [6.45, 7) is 0.497. The zero-order valence-electron chi connectivity index (χ0n) is 20.9. The molecule has 5 atom stereocenters. The zero-order valence-corrected chi connectivity index (χ0v) is 21.7. The number of carbonyl (C=O) groups excluding carboxylic acids is 2. The van der Waals surface area contributed by atoms with Crippen molar-refractivity contribution < 1.29 is 27.5 Å². The molecule has 1 aliphatic heterocycles. The van der Waals surface area contributed by atoms with Crippen molar-refractivity contribution in [3.05, 3.63) is 71.8 Å². The average Bonchev–Trinajstić information content (AvgIpc) is 3.17. The number of aldehydes is 1. The second-order valence-electron chi connectivity index (χ2n) is 10.3. The fourth-order valence-corrected chi connectivity index (χ4v) is 7.83. The lowest BCUT2D eigenvalue weighted by Gasteiger charge is -2.45. The molecule has 198 valence electrons. The van der Waals surface area contributed by atoms with E-state index in [4.69, 9.17) is 9.47 Å². The predicted molar refractivity (Wildman–Crippen MR) is 137 cm³/mol. The highest BCUT2D eigenvalue weighted by Crippen LogP contribution is 2.44. The molecular formula is C28H34N2O6S. The van der Waals surface area contributed by atoms with Gasteiger partial charge in [-0.3, -0.25) is 4.79 Å². The first-order valence-electron chi connectivity index (χ1n) is 13.0. The Bertz CT molecular complexity index is 1180. The Morgan fingerprint density at radius 3 is 2.27 bits per heavy atom. The number of nitrogens with zero attached hydrogens (tertiary/aromatic N) is 2. The molecule has 9 heteroatoms. The number of rotatable bonds is 9. The minimum Gasteiger partial charge on any atom is -0.372 e. The van der Waals surface area contributed by atoms with Crippen LogP contribution in [0.2, 0.25) is 0 Å². The Hall–Kier alpha value is -2.43. The van der Waals surface area contributed by atoms with E-state index in [1.165, 1.54) is 4.31 Å². The molecule has 2 aliphatic carbocycles. The van der Waals surface area contributed by atoms with Crippen molar-refractivity contribution in [1.29, 1.82) is 0 Å². The molecule has 0 spiro atoms. The van der Waals surface area contributed by atoms with Crippen molar-refractivity contribution in [2.24, 2.45) is 11.8 Å². The molecule has 2 aromatic carbocycles. The van der Waals surface area contributed by atoms with Gasteiger partial charge >= 0.3 is 0 Å². The molecule has 1 heterocycles. The third-order valence-electron chi connectivity index (χ3n) is 7.95. The molecule has 1 saturated heterocycles. The molecule has 0 aromatic heterocycles. The summed E-state index contributed by atoms with van der Waals surface area (Å²) in [5.74, 6) is 0.751. The molecule has 3 aliphatic rings. The van der Waals surface area contributed by atoms with E-state index in [0.717, 1.165) is 21.9 Å². The minimum atomic E-state index is -3.94. The van der Waals surface area contributed by atoms with Gasteiger partial charge in [0.1, 0.15) is 18.8 Å². The van der Waals surface area contributed by atoms with Crippen LogP contribution in [0.5, 0.6) is 0 Å². The number of carbonyl (C=O) groups is 2. The highest BCUT2D eigenvalue weighted by atomic mass is 32.2. The first-order chi connectivity index (χ1) is 18.0. The van der Waals surface area contributed by atoms with Crippen LogP contribution in [-0.4, -0.2) is 60.6 Å². The Morgan fingerprint density at radius 1 is 0.919 bits per heavy atom. The quantitative estimate of drug-likeness (QED) is 0.466. The van der Waals surface area contributed by atoms with Gasteiger partial charge in [-0.2, -0.15) is 17.0 Å². The summed E-state index contributed by atoms with van der Waals surface area (Å²) in [6, 6.07) is 18.1. The SMILES string of the molecule is O=CC1CN(C2CC3CCC(=O)CC3CC2OCc2ccccc2)S(=O)(=O)N1COCc1ccccc1. The van der Waals surface area contributed by atoms with Gasteiger partial charge in [0, 0.05) is 19.4 Å². The summed E-state index contributed by atoms with van der Waals surface area (Å²) in [6.07, 6.45) is 3.45. The number of hydrogen-bond donors (Lipinski definition) is 0. The fraction of sp³-hybridized carbons (Fsp3) is 0.500. The summed E-state index contributed by atoms with van der Waals surface area (Å²) in [5, 5.41) is 0. The molecule has 3 fully saturated rings. The maximum Gasteiger partial charge on any atom is 0.285 e. The lowest BCUT2D eigenvalue weighted by Crippen LogP contribution is -2.53. The van der Waals surface area contributed by atoms with Crippen LogP contribution in [0.15, 0.2) is 60.7 Å². The van der Waals surface area contributed by atoms with Crippen LogP contribution in [0.4, 0.5) is 0 Å².